The molecule has 4 rings (SSSR count). The molecule has 31 heavy (non-hydrogen) atoms. The maximum atomic E-state index is 13.3. The quantitative estimate of drug-likeness (QED) is 0.658. The number of aryl methyl sites for hydroxylation is 3. The van der Waals surface area contributed by atoms with E-state index in [1.54, 1.807) is 6.92 Å². The molecule has 5 nitrogen and oxygen atoms in total. The fourth-order valence-electron chi connectivity index (χ4n) is 4.29. The minimum absolute atomic E-state index is 0.142. The van der Waals surface area contributed by atoms with Crippen LogP contribution in [0.5, 0.6) is 0 Å². The highest BCUT2D eigenvalue weighted by atomic mass is 16.2. The molecule has 160 valence electrons. The second-order valence-electron chi connectivity index (χ2n) is 8.56. The Balaban J connectivity index is 1.81. The molecule has 1 aliphatic carbocycles. The first-order valence-corrected chi connectivity index (χ1v) is 11.0. The third-order valence-corrected chi connectivity index (χ3v) is 6.23. The number of hydrogen-bond donors (Lipinski definition) is 1. The van der Waals surface area contributed by atoms with Gasteiger partial charge in [0.25, 0.3) is 5.56 Å². The maximum absolute atomic E-state index is 13.3. The summed E-state index contributed by atoms with van der Waals surface area (Å²) in [5, 5.41) is 7.74. The number of amides is 1. The van der Waals surface area contributed by atoms with Crippen molar-refractivity contribution in [2.24, 2.45) is 0 Å². The summed E-state index contributed by atoms with van der Waals surface area (Å²) >= 11 is 0. The number of hydrogen-bond acceptors (Lipinski definition) is 3. The topological polar surface area (TPSA) is 64.0 Å². The predicted octanol–water partition coefficient (Wildman–Crippen LogP) is 4.91. The summed E-state index contributed by atoms with van der Waals surface area (Å²) in [6.45, 7) is 7.81. The smallest absolute Gasteiger partial charge is 0.271 e. The summed E-state index contributed by atoms with van der Waals surface area (Å²) in [5.41, 5.74) is 7.59. The Morgan fingerprint density at radius 1 is 1.00 bits per heavy atom. The Morgan fingerprint density at radius 3 is 2.45 bits per heavy atom. The van der Waals surface area contributed by atoms with Crippen LogP contribution in [0, 0.1) is 20.8 Å². The van der Waals surface area contributed by atoms with Crippen LogP contribution in [0.1, 0.15) is 53.6 Å². The predicted molar refractivity (Wildman–Crippen MR) is 125 cm³/mol. The molecule has 1 aliphatic rings. The second kappa shape index (κ2) is 8.50. The van der Waals surface area contributed by atoms with Crippen molar-refractivity contribution >= 4 is 11.6 Å². The van der Waals surface area contributed by atoms with E-state index >= 15 is 0 Å². The zero-order valence-corrected chi connectivity index (χ0v) is 18.7. The molecule has 1 heterocycles. The number of nitrogens with one attached hydrogen (secondary N) is 1. The molecule has 2 aromatic carbocycles. The number of nitrogens with zero attached hydrogens (tertiary/aromatic N) is 2. The van der Waals surface area contributed by atoms with Gasteiger partial charge in [-0.1, -0.05) is 35.9 Å². The van der Waals surface area contributed by atoms with Crippen molar-refractivity contribution in [3.8, 4) is 11.3 Å². The number of fused-ring (bicyclic) bond motifs is 1. The van der Waals surface area contributed by atoms with Crippen molar-refractivity contribution in [3.63, 3.8) is 0 Å². The van der Waals surface area contributed by atoms with E-state index in [1.165, 1.54) is 4.68 Å². The Morgan fingerprint density at radius 2 is 1.71 bits per heavy atom. The van der Waals surface area contributed by atoms with Gasteiger partial charge in [0.2, 0.25) is 5.91 Å². The zero-order chi connectivity index (χ0) is 22.1. The average molecular weight is 416 g/mol. The van der Waals surface area contributed by atoms with Crippen LogP contribution in [0.15, 0.2) is 47.3 Å². The second-order valence-corrected chi connectivity index (χ2v) is 8.56. The highest BCUT2D eigenvalue weighted by molar-refractivity contribution is 5.94. The van der Waals surface area contributed by atoms with Gasteiger partial charge >= 0.3 is 0 Å². The van der Waals surface area contributed by atoms with Gasteiger partial charge in [0.1, 0.15) is 6.04 Å². The molecule has 0 radical (unpaired) electrons. The Bertz CT molecular complexity index is 1210. The molecular formula is C26H29N3O2. The maximum Gasteiger partial charge on any atom is 0.271 e. The number of rotatable bonds is 4. The summed E-state index contributed by atoms with van der Waals surface area (Å²) in [6.07, 6.45) is 3.63. The molecule has 0 fully saturated rings. The molecule has 1 aromatic heterocycles. The van der Waals surface area contributed by atoms with Crippen molar-refractivity contribution in [1.29, 1.82) is 0 Å². The van der Waals surface area contributed by atoms with E-state index < -0.39 is 6.04 Å². The highest BCUT2D eigenvalue weighted by Crippen LogP contribution is 2.31. The number of carbonyl (C=O) groups excluding carboxylic acids is 1. The summed E-state index contributed by atoms with van der Waals surface area (Å²) in [5.74, 6) is -0.244. The summed E-state index contributed by atoms with van der Waals surface area (Å²) in [4.78, 5) is 26.4. The van der Waals surface area contributed by atoms with Gasteiger partial charge in [-0.3, -0.25) is 9.59 Å². The summed E-state index contributed by atoms with van der Waals surface area (Å²) in [7, 11) is 0. The molecule has 1 N–H and O–H groups in total. The molecule has 1 atom stereocenters. The van der Waals surface area contributed by atoms with Crippen LogP contribution in [0.2, 0.25) is 0 Å². The van der Waals surface area contributed by atoms with E-state index in [2.05, 4.69) is 37.4 Å². The van der Waals surface area contributed by atoms with Gasteiger partial charge in [0.15, 0.2) is 0 Å². The van der Waals surface area contributed by atoms with Crippen LogP contribution in [0.25, 0.3) is 11.3 Å². The van der Waals surface area contributed by atoms with Crippen molar-refractivity contribution in [1.82, 2.24) is 9.78 Å². The minimum Gasteiger partial charge on any atom is -0.324 e. The van der Waals surface area contributed by atoms with Crippen LogP contribution in [0.3, 0.4) is 0 Å². The lowest BCUT2D eigenvalue weighted by Crippen LogP contribution is -2.37. The average Bonchev–Trinajstić information content (AvgIpc) is 2.77. The van der Waals surface area contributed by atoms with E-state index in [0.29, 0.717) is 0 Å². The van der Waals surface area contributed by atoms with Crippen LogP contribution in [0.4, 0.5) is 5.69 Å². The largest absolute Gasteiger partial charge is 0.324 e. The van der Waals surface area contributed by atoms with E-state index in [1.807, 2.05) is 31.2 Å². The van der Waals surface area contributed by atoms with Gasteiger partial charge < -0.3 is 5.32 Å². The SMILES string of the molecule is Cc1ccc(C)c(-c2nn([C@H](C)C(=O)Nc3ccccc3C)c(=O)c3c2CCCC3)c1. The van der Waals surface area contributed by atoms with Gasteiger partial charge in [-0.05, 0) is 82.2 Å². The van der Waals surface area contributed by atoms with Gasteiger partial charge in [-0.2, -0.15) is 5.10 Å². The van der Waals surface area contributed by atoms with E-state index in [0.717, 1.165) is 70.4 Å². The third-order valence-electron chi connectivity index (χ3n) is 6.23. The first-order valence-electron chi connectivity index (χ1n) is 11.0. The summed E-state index contributed by atoms with van der Waals surface area (Å²) in [6, 6.07) is 13.2. The van der Waals surface area contributed by atoms with Gasteiger partial charge in [-0.25, -0.2) is 4.68 Å². The fraction of sp³-hybridized carbons (Fsp3) is 0.346. The minimum atomic E-state index is -0.719. The lowest BCUT2D eigenvalue weighted by atomic mass is 9.88. The number of carbonyl (C=O) groups is 1. The normalized spacial score (nSPS) is 14.1. The molecule has 0 saturated carbocycles. The van der Waals surface area contributed by atoms with Gasteiger partial charge in [0, 0.05) is 16.8 Å². The number of benzene rings is 2. The van der Waals surface area contributed by atoms with E-state index in [4.69, 9.17) is 5.10 Å². The first kappa shape index (κ1) is 21.0. The molecule has 3 aromatic rings. The Kier molecular flexibility index (Phi) is 5.77. The molecule has 5 heteroatoms. The molecule has 0 aliphatic heterocycles. The fourth-order valence-corrected chi connectivity index (χ4v) is 4.29. The molecule has 0 unspecified atom stereocenters. The monoisotopic (exact) mass is 415 g/mol. The van der Waals surface area contributed by atoms with E-state index in [-0.39, 0.29) is 11.5 Å². The van der Waals surface area contributed by atoms with Crippen LogP contribution >= 0.6 is 0 Å². The lowest BCUT2D eigenvalue weighted by Gasteiger charge is -2.23. The van der Waals surface area contributed by atoms with Crippen molar-refractivity contribution in [3.05, 3.63) is 80.6 Å². The molecule has 0 saturated heterocycles. The number of anilines is 1. The van der Waals surface area contributed by atoms with Gasteiger partial charge in [-0.15, -0.1) is 0 Å². The summed E-state index contributed by atoms with van der Waals surface area (Å²) < 4.78 is 1.38. The van der Waals surface area contributed by atoms with Crippen molar-refractivity contribution in [2.75, 3.05) is 5.32 Å². The zero-order valence-electron chi connectivity index (χ0n) is 18.7. The molecule has 0 spiro atoms. The lowest BCUT2D eigenvalue weighted by molar-refractivity contribution is -0.119. The number of aromatic nitrogens is 2. The molecule has 1 amide bonds. The molecular weight excluding hydrogens is 386 g/mol. The van der Waals surface area contributed by atoms with Crippen LogP contribution in [-0.4, -0.2) is 15.7 Å². The van der Waals surface area contributed by atoms with Crippen molar-refractivity contribution < 1.29 is 4.79 Å². The van der Waals surface area contributed by atoms with Gasteiger partial charge in [0.05, 0.1) is 5.69 Å². The number of para-hydroxylation sites is 1. The van der Waals surface area contributed by atoms with Crippen molar-refractivity contribution in [2.45, 2.75) is 59.4 Å². The standard InChI is InChI=1S/C26H29N3O2/c1-16-13-14-17(2)22(15-16)24-20-10-6-7-11-21(20)26(31)29(28-24)19(4)25(30)27-23-12-8-5-9-18(23)3/h5,8-9,12-15,19H,6-7,10-11H2,1-4H3,(H,27,30)/t19-/m1/s1. The van der Waals surface area contributed by atoms with Crippen LogP contribution < -0.4 is 10.9 Å². The first-order chi connectivity index (χ1) is 14.9. The third kappa shape index (κ3) is 4.05. The Labute approximate surface area is 183 Å². The van der Waals surface area contributed by atoms with Crippen LogP contribution in [-0.2, 0) is 17.6 Å². The highest BCUT2D eigenvalue weighted by Gasteiger charge is 2.26. The molecule has 0 bridgehead atoms. The van der Waals surface area contributed by atoms with E-state index in [9.17, 15) is 9.59 Å². The Hall–Kier alpha value is -3.21.